The van der Waals surface area contributed by atoms with Crippen molar-refractivity contribution in [2.45, 2.75) is 0 Å². The zero-order chi connectivity index (χ0) is 6.69. The molecule has 0 bridgehead atoms. The first-order valence-corrected chi connectivity index (χ1v) is 2.98. The first-order valence-electron chi connectivity index (χ1n) is 2.10. The summed E-state index contributed by atoms with van der Waals surface area (Å²) >= 11 is 1.19. The summed E-state index contributed by atoms with van der Waals surface area (Å²) < 4.78 is 0. The molecule has 6 heteroatoms. The van der Waals surface area contributed by atoms with Gasteiger partial charge in [-0.15, -0.1) is 0 Å². The highest BCUT2D eigenvalue weighted by atomic mass is 32.1. The molecule has 0 amide bonds. The Morgan fingerprint density at radius 3 is 3.11 bits per heavy atom. The van der Waals surface area contributed by atoms with Gasteiger partial charge in [0, 0.05) is 11.6 Å². The second-order valence-corrected chi connectivity index (χ2v) is 2.10. The molecule has 48 valence electrons. The molecule has 0 fully saturated rings. The maximum absolute atomic E-state index is 9.69. The molecule has 5 nitrogen and oxygen atoms in total. The monoisotopic (exact) mass is 145 g/mol. The van der Waals surface area contributed by atoms with Crippen LogP contribution in [0.1, 0.15) is 0 Å². The Hall–Kier alpha value is -1.17. The third-order valence-electron chi connectivity index (χ3n) is 0.627. The van der Waals surface area contributed by atoms with Crippen molar-refractivity contribution in [3.8, 4) is 0 Å². The van der Waals surface area contributed by atoms with E-state index in [-0.39, 0.29) is 0 Å². The topological polar surface area (TPSA) is 71.3 Å². The van der Waals surface area contributed by atoms with Crippen LogP contribution in [-0.2, 0) is 0 Å². The predicted octanol–water partition coefficient (Wildman–Crippen LogP) is 0.169. The molecule has 1 aromatic heterocycles. The van der Waals surface area contributed by atoms with Crippen molar-refractivity contribution < 1.29 is 5.03 Å². The van der Waals surface area contributed by atoms with Gasteiger partial charge >= 0.3 is 0 Å². The van der Waals surface area contributed by atoms with Crippen molar-refractivity contribution in [3.05, 3.63) is 26.5 Å². The number of thiazole rings is 1. The van der Waals surface area contributed by atoms with E-state index in [0.29, 0.717) is 4.80 Å². The van der Waals surface area contributed by atoms with Crippen molar-refractivity contribution in [2.24, 2.45) is 5.10 Å². The van der Waals surface area contributed by atoms with Crippen LogP contribution >= 0.6 is 11.3 Å². The minimum absolute atomic E-state index is 0.306. The molecule has 1 rings (SSSR count). The zero-order valence-electron chi connectivity index (χ0n) is 4.27. The highest BCUT2D eigenvalue weighted by Gasteiger charge is 1.87. The standard InChI is InChI=1S/C3H3N3O2S/c7-6(8)5-3-4-1-2-9-3/h1-2H,(H,4,5). The molecule has 0 aliphatic heterocycles. The number of hydrogen-bond acceptors (Lipinski definition) is 3. The van der Waals surface area contributed by atoms with Crippen molar-refractivity contribution in [3.63, 3.8) is 0 Å². The molecule has 0 atom stereocenters. The molecule has 0 saturated heterocycles. The van der Waals surface area contributed by atoms with Crippen molar-refractivity contribution in [1.82, 2.24) is 4.98 Å². The van der Waals surface area contributed by atoms with E-state index in [4.69, 9.17) is 0 Å². The van der Waals surface area contributed by atoms with Gasteiger partial charge in [-0.25, -0.2) is 10.1 Å². The van der Waals surface area contributed by atoms with E-state index in [1.165, 1.54) is 11.3 Å². The lowest BCUT2D eigenvalue weighted by atomic mass is 11.0. The fourth-order valence-electron chi connectivity index (χ4n) is 0.364. The molecule has 0 aromatic carbocycles. The Bertz CT molecular complexity index is 245. The third kappa shape index (κ3) is 1.65. The minimum atomic E-state index is -0.734. The highest BCUT2D eigenvalue weighted by Crippen LogP contribution is 1.80. The lowest BCUT2D eigenvalue weighted by Gasteiger charge is -1.69. The summed E-state index contributed by atoms with van der Waals surface area (Å²) in [6.07, 6.45) is 1.59. The molecule has 0 saturated carbocycles. The van der Waals surface area contributed by atoms with Crippen LogP contribution in [0, 0.1) is 10.1 Å². The van der Waals surface area contributed by atoms with Crippen molar-refractivity contribution in [1.29, 1.82) is 0 Å². The summed E-state index contributed by atoms with van der Waals surface area (Å²) in [7, 11) is 0. The van der Waals surface area contributed by atoms with Gasteiger partial charge < -0.3 is 4.98 Å². The number of aromatic nitrogens is 1. The molecule has 0 aliphatic rings. The van der Waals surface area contributed by atoms with E-state index in [2.05, 4.69) is 10.1 Å². The van der Waals surface area contributed by atoms with Crippen LogP contribution in [-0.4, -0.2) is 10.0 Å². The molecule has 1 N–H and O–H groups in total. The van der Waals surface area contributed by atoms with Gasteiger partial charge in [0.05, 0.1) is 5.10 Å². The molecule has 1 aromatic rings. The van der Waals surface area contributed by atoms with Crippen LogP contribution in [0.25, 0.3) is 0 Å². The minimum Gasteiger partial charge on any atom is -0.332 e. The summed E-state index contributed by atoms with van der Waals surface area (Å²) in [5.74, 6) is 0. The second-order valence-electron chi connectivity index (χ2n) is 1.21. The van der Waals surface area contributed by atoms with Gasteiger partial charge in [-0.05, 0) is 0 Å². The van der Waals surface area contributed by atoms with Crippen LogP contribution in [0.15, 0.2) is 16.7 Å². The first kappa shape index (κ1) is 5.96. The van der Waals surface area contributed by atoms with Gasteiger partial charge in [0.2, 0.25) is 0 Å². The smallest absolute Gasteiger partial charge is 0.259 e. The number of nitro groups is 1. The van der Waals surface area contributed by atoms with E-state index in [9.17, 15) is 10.1 Å². The number of hydrogen-bond donors (Lipinski definition) is 1. The Kier molecular flexibility index (Phi) is 1.59. The Labute approximate surface area is 53.8 Å². The fourth-order valence-corrected chi connectivity index (χ4v) is 0.879. The molecular weight excluding hydrogens is 142 g/mol. The van der Waals surface area contributed by atoms with Gasteiger partial charge in [0.1, 0.15) is 0 Å². The SMILES string of the molecule is O=[N+]([O-])/N=c1/[nH]ccs1. The summed E-state index contributed by atoms with van der Waals surface area (Å²) in [5, 5.41) is 13.6. The Morgan fingerprint density at radius 2 is 2.67 bits per heavy atom. The molecule has 0 unspecified atom stereocenters. The van der Waals surface area contributed by atoms with Crippen LogP contribution in [0.2, 0.25) is 0 Å². The summed E-state index contributed by atoms with van der Waals surface area (Å²) in [5.41, 5.74) is 0. The highest BCUT2D eigenvalue weighted by molar-refractivity contribution is 7.07. The molecule has 9 heavy (non-hydrogen) atoms. The molecule has 0 aliphatic carbocycles. The largest absolute Gasteiger partial charge is 0.332 e. The van der Waals surface area contributed by atoms with E-state index in [1.54, 1.807) is 11.6 Å². The van der Waals surface area contributed by atoms with Gasteiger partial charge in [-0.1, -0.05) is 11.3 Å². The average molecular weight is 145 g/mol. The number of rotatable bonds is 1. The van der Waals surface area contributed by atoms with Crippen molar-refractivity contribution in [2.75, 3.05) is 0 Å². The third-order valence-corrected chi connectivity index (χ3v) is 1.32. The number of nitrogens with zero attached hydrogens (tertiary/aromatic N) is 2. The van der Waals surface area contributed by atoms with E-state index in [0.717, 1.165) is 0 Å². The summed E-state index contributed by atoms with van der Waals surface area (Å²) in [6, 6.07) is 0. The summed E-state index contributed by atoms with van der Waals surface area (Å²) in [4.78, 5) is 12.6. The van der Waals surface area contributed by atoms with Crippen LogP contribution in [0.5, 0.6) is 0 Å². The fraction of sp³-hybridized carbons (Fsp3) is 0. The maximum atomic E-state index is 9.69. The average Bonchev–Trinajstić information content (AvgIpc) is 2.15. The van der Waals surface area contributed by atoms with Crippen LogP contribution in [0.3, 0.4) is 0 Å². The zero-order valence-corrected chi connectivity index (χ0v) is 5.09. The molecule has 0 spiro atoms. The van der Waals surface area contributed by atoms with Crippen LogP contribution < -0.4 is 4.80 Å². The first-order chi connectivity index (χ1) is 4.29. The lowest BCUT2D eigenvalue weighted by molar-refractivity contribution is -0.490. The Morgan fingerprint density at radius 1 is 1.89 bits per heavy atom. The second kappa shape index (κ2) is 2.40. The van der Waals surface area contributed by atoms with Crippen LogP contribution in [0.4, 0.5) is 0 Å². The van der Waals surface area contributed by atoms with Gasteiger partial charge in [0.25, 0.3) is 4.80 Å². The maximum Gasteiger partial charge on any atom is 0.259 e. The molecular formula is C3H3N3O2S. The predicted molar refractivity (Wildman–Crippen MR) is 31.2 cm³/mol. The lowest BCUT2D eigenvalue weighted by Crippen LogP contribution is -2.01. The van der Waals surface area contributed by atoms with Gasteiger partial charge in [-0.3, -0.25) is 0 Å². The number of nitrogens with one attached hydrogen (secondary N) is 1. The molecule has 1 heterocycles. The van der Waals surface area contributed by atoms with Gasteiger partial charge in [-0.2, -0.15) is 0 Å². The quantitative estimate of drug-likeness (QED) is 0.452. The van der Waals surface area contributed by atoms with E-state index < -0.39 is 5.03 Å². The number of H-pyrrole nitrogens is 1. The van der Waals surface area contributed by atoms with Gasteiger partial charge in [0.15, 0.2) is 5.03 Å². The van der Waals surface area contributed by atoms with E-state index >= 15 is 0 Å². The normalized spacial score (nSPS) is 11.8. The number of aromatic amines is 1. The molecule has 0 radical (unpaired) electrons. The summed E-state index contributed by atoms with van der Waals surface area (Å²) in [6.45, 7) is 0. The Balaban J connectivity index is 3.00. The van der Waals surface area contributed by atoms with E-state index in [1.807, 2.05) is 0 Å². The van der Waals surface area contributed by atoms with Crippen molar-refractivity contribution >= 4 is 11.3 Å².